The van der Waals surface area contributed by atoms with E-state index < -0.39 is 0 Å². The molecule has 2 aromatic rings. The van der Waals surface area contributed by atoms with Gasteiger partial charge < -0.3 is 9.80 Å². The summed E-state index contributed by atoms with van der Waals surface area (Å²) in [6.45, 7) is 17.0. The highest BCUT2D eigenvalue weighted by Crippen LogP contribution is 2.25. The lowest BCUT2D eigenvalue weighted by Gasteiger charge is -2.24. The molecule has 0 amide bonds. The Balaban J connectivity index is 1.37. The quantitative estimate of drug-likeness (QED) is 0.0501. The van der Waals surface area contributed by atoms with Crippen molar-refractivity contribution in [1.82, 2.24) is 0 Å². The second kappa shape index (κ2) is 21.5. The highest BCUT2D eigenvalue weighted by atomic mass is 33.1. The van der Waals surface area contributed by atoms with Crippen LogP contribution in [0.25, 0.3) is 12.2 Å². The highest BCUT2D eigenvalue weighted by Gasteiger charge is 2.16. The first-order valence-electron chi connectivity index (χ1n) is 16.5. The molecule has 0 radical (unpaired) electrons. The maximum atomic E-state index is 4.16. The van der Waals surface area contributed by atoms with E-state index in [4.69, 9.17) is 0 Å². The first-order valence-corrected chi connectivity index (χ1v) is 19.0. The average Bonchev–Trinajstić information content (AvgIpc) is 3.07. The molecule has 3 rings (SSSR count). The van der Waals surface area contributed by atoms with E-state index in [0.717, 1.165) is 57.2 Å². The first-order chi connectivity index (χ1) is 22.1. The first kappa shape index (κ1) is 36.3. The third-order valence-corrected chi connectivity index (χ3v) is 9.98. The van der Waals surface area contributed by atoms with E-state index in [0.29, 0.717) is 5.92 Å². The van der Waals surface area contributed by atoms with E-state index in [9.17, 15) is 0 Å². The van der Waals surface area contributed by atoms with Crippen LogP contribution in [0.2, 0.25) is 0 Å². The Hall–Kier alpha value is -3.22. The van der Waals surface area contributed by atoms with Gasteiger partial charge in [-0.1, -0.05) is 83.2 Å². The predicted octanol–water partition coefficient (Wildman–Crippen LogP) is 9.68. The summed E-state index contributed by atoms with van der Waals surface area (Å²) in [4.78, 5) is 9.10. The van der Waals surface area contributed by atoms with Crippen molar-refractivity contribution in [2.75, 3.05) is 60.6 Å². The van der Waals surface area contributed by atoms with Gasteiger partial charge in [-0.25, -0.2) is 4.58 Å². The summed E-state index contributed by atoms with van der Waals surface area (Å²) in [5, 5.41) is 0. The van der Waals surface area contributed by atoms with Crippen LogP contribution in [0.1, 0.15) is 52.2 Å². The van der Waals surface area contributed by atoms with Crippen molar-refractivity contribution in [1.29, 1.82) is 0 Å². The molecule has 6 heteroatoms. The molecule has 0 fully saturated rings. The van der Waals surface area contributed by atoms with Gasteiger partial charge in [0.15, 0.2) is 0 Å². The second-order valence-corrected chi connectivity index (χ2v) is 13.6. The number of anilines is 2. The van der Waals surface area contributed by atoms with Gasteiger partial charge in [0, 0.05) is 73.8 Å². The van der Waals surface area contributed by atoms with Gasteiger partial charge in [-0.05, 0) is 87.7 Å². The monoisotopic (exact) mass is 641 g/mol. The van der Waals surface area contributed by atoms with Crippen molar-refractivity contribution in [2.45, 2.75) is 41.0 Å². The van der Waals surface area contributed by atoms with Crippen LogP contribution in [0.3, 0.4) is 0 Å². The van der Waals surface area contributed by atoms with E-state index >= 15 is 0 Å². The smallest absolute Gasteiger partial charge is 0.200 e. The Labute approximate surface area is 281 Å². The zero-order valence-corrected chi connectivity index (χ0v) is 29.6. The summed E-state index contributed by atoms with van der Waals surface area (Å²) in [6.07, 6.45) is 24.4. The molecule has 1 aliphatic heterocycles. The maximum absolute atomic E-state index is 4.16. The topological polar surface area (TPSA) is 21.9 Å². The van der Waals surface area contributed by atoms with Gasteiger partial charge in [0.05, 0.1) is 0 Å². The zero-order chi connectivity index (χ0) is 32.1. The van der Waals surface area contributed by atoms with Gasteiger partial charge in [0.1, 0.15) is 12.8 Å². The van der Waals surface area contributed by atoms with Crippen molar-refractivity contribution < 1.29 is 4.58 Å². The molecule has 0 aliphatic carbocycles. The molecular formula is C39H53N4S2+. The van der Waals surface area contributed by atoms with Crippen molar-refractivity contribution in [3.63, 3.8) is 0 Å². The predicted molar refractivity (Wildman–Crippen MR) is 208 cm³/mol. The Bertz CT molecular complexity index is 1330. The summed E-state index contributed by atoms with van der Waals surface area (Å²) in [5.41, 5.74) is 6.35. The summed E-state index contributed by atoms with van der Waals surface area (Å²) < 4.78 is 2.36. The summed E-state index contributed by atoms with van der Waals surface area (Å²) in [7, 11) is 3.97. The third kappa shape index (κ3) is 13.3. The Morgan fingerprint density at radius 1 is 0.733 bits per heavy atom. The minimum atomic E-state index is 0.619. The lowest BCUT2D eigenvalue weighted by atomic mass is 10.0. The van der Waals surface area contributed by atoms with Crippen LogP contribution in [0.15, 0.2) is 102 Å². The van der Waals surface area contributed by atoms with Crippen LogP contribution < -0.4 is 9.80 Å². The molecule has 1 aliphatic rings. The normalized spacial score (nSPS) is 15.6. The number of rotatable bonds is 19. The number of hydrogen-bond donors (Lipinski definition) is 0. The van der Waals surface area contributed by atoms with Gasteiger partial charge in [-0.15, -0.1) is 0 Å². The van der Waals surface area contributed by atoms with Crippen molar-refractivity contribution in [3.8, 4) is 0 Å². The number of aliphatic imine (C=N–C) groups is 1. The number of hydrogen-bond acceptors (Lipinski definition) is 5. The number of allylic oxidation sites excluding steroid dienone is 7. The third-order valence-electron chi connectivity index (χ3n) is 7.61. The largest absolute Gasteiger partial charge is 0.371 e. The van der Waals surface area contributed by atoms with E-state index in [1.165, 1.54) is 28.2 Å². The molecule has 1 atom stereocenters. The fourth-order valence-electron chi connectivity index (χ4n) is 5.03. The van der Waals surface area contributed by atoms with Crippen molar-refractivity contribution >= 4 is 57.5 Å². The van der Waals surface area contributed by atoms with E-state index in [2.05, 4.69) is 132 Å². The number of likely N-dealkylation sites (N-methyl/N-ethyl adjacent to an activating group) is 1. The number of benzene rings is 2. The van der Waals surface area contributed by atoms with Crippen molar-refractivity contribution in [2.24, 2.45) is 10.9 Å². The summed E-state index contributed by atoms with van der Waals surface area (Å²) in [6, 6.07) is 17.9. The standard InChI is InChI=1S/C39H53N4S2/c1-6-40-28-14-12-10-11-13-15-35-17-23-37(24-18-35)41(7-2)29-31-44-45-32-30-42(8-3)38-25-19-36(20-26-38)21-27-39-22-16-34(5)33-43(39)9-4/h10-15,17-28,33-34H,6-9,16,29-32H2,1-5H3/q+1/b11-10+,14-12-,15-13+,27-21+,40-28+. The average molecular weight is 642 g/mol. The van der Waals surface area contributed by atoms with Gasteiger partial charge >= 0.3 is 0 Å². The number of nitrogens with zero attached hydrogens (tertiary/aromatic N) is 4. The summed E-state index contributed by atoms with van der Waals surface area (Å²) in [5.74, 6) is 2.84. The molecule has 0 spiro atoms. The van der Waals surface area contributed by atoms with Gasteiger partial charge in [-0.3, -0.25) is 4.99 Å². The van der Waals surface area contributed by atoms with Gasteiger partial charge in [0.2, 0.25) is 5.70 Å². The molecule has 0 saturated carbocycles. The van der Waals surface area contributed by atoms with Crippen LogP contribution in [-0.4, -0.2) is 67.8 Å². The molecular weight excluding hydrogens is 589 g/mol. The Morgan fingerprint density at radius 3 is 1.84 bits per heavy atom. The molecule has 1 unspecified atom stereocenters. The molecule has 0 N–H and O–H groups in total. The minimum absolute atomic E-state index is 0.619. The fourth-order valence-corrected chi connectivity index (χ4v) is 7.01. The molecule has 45 heavy (non-hydrogen) atoms. The molecule has 1 heterocycles. The van der Waals surface area contributed by atoms with Crippen LogP contribution in [-0.2, 0) is 0 Å². The molecule has 2 aromatic carbocycles. The lowest BCUT2D eigenvalue weighted by molar-refractivity contribution is -0.467. The van der Waals surface area contributed by atoms with Crippen molar-refractivity contribution in [3.05, 3.63) is 108 Å². The molecule has 0 aromatic heterocycles. The van der Waals surface area contributed by atoms with E-state index in [1.54, 1.807) is 0 Å². The molecule has 240 valence electrons. The summed E-state index contributed by atoms with van der Waals surface area (Å²) >= 11 is 0. The molecule has 0 saturated heterocycles. The SMILES string of the molecule is CC/N=C/C=C\C=C\C=C\c1ccc(N(CC)CCSSCCN(CC)c2ccc(/C=C/C3=CCC(C)C=[N+]3CC)cc2)cc1. The second-order valence-electron chi connectivity index (χ2n) is 10.9. The lowest BCUT2D eigenvalue weighted by Crippen LogP contribution is -2.26. The van der Waals surface area contributed by atoms with E-state index in [-0.39, 0.29) is 0 Å². The maximum Gasteiger partial charge on any atom is 0.200 e. The Kier molecular flexibility index (Phi) is 17.3. The fraction of sp³-hybridized carbons (Fsp3) is 0.385. The molecule has 0 bridgehead atoms. The van der Waals surface area contributed by atoms with Crippen LogP contribution in [0, 0.1) is 5.92 Å². The van der Waals surface area contributed by atoms with Crippen LogP contribution in [0.5, 0.6) is 0 Å². The van der Waals surface area contributed by atoms with Crippen LogP contribution in [0.4, 0.5) is 11.4 Å². The Morgan fingerprint density at radius 2 is 1.29 bits per heavy atom. The van der Waals surface area contributed by atoms with E-state index in [1.807, 2.05) is 59.0 Å². The zero-order valence-electron chi connectivity index (χ0n) is 28.0. The van der Waals surface area contributed by atoms with Gasteiger partial charge in [-0.2, -0.15) is 0 Å². The molecule has 4 nitrogen and oxygen atoms in total. The minimum Gasteiger partial charge on any atom is -0.371 e. The van der Waals surface area contributed by atoms with Gasteiger partial charge in [0.25, 0.3) is 0 Å². The van der Waals surface area contributed by atoms with Crippen LogP contribution >= 0.6 is 21.6 Å². The highest BCUT2D eigenvalue weighted by molar-refractivity contribution is 8.76.